The van der Waals surface area contributed by atoms with Gasteiger partial charge in [-0.15, -0.1) is 0 Å². The van der Waals surface area contributed by atoms with Gasteiger partial charge in [-0.1, -0.05) is 0 Å². The number of benzene rings is 1. The number of aromatic nitrogens is 1. The number of ether oxygens (including phenoxy) is 1. The van der Waals surface area contributed by atoms with Crippen LogP contribution in [0.5, 0.6) is 5.75 Å². The van der Waals surface area contributed by atoms with Crippen molar-refractivity contribution >= 4 is 16.6 Å². The van der Waals surface area contributed by atoms with Crippen molar-refractivity contribution in [2.75, 3.05) is 12.3 Å². The number of nitrogens with zero attached hydrogens (tertiary/aromatic N) is 1. The van der Waals surface area contributed by atoms with Crippen LogP contribution in [0.4, 0.5) is 5.69 Å². The summed E-state index contributed by atoms with van der Waals surface area (Å²) in [5, 5.41) is 0.951. The second kappa shape index (κ2) is 3.77. The minimum Gasteiger partial charge on any atom is -0.494 e. The van der Waals surface area contributed by atoms with E-state index in [9.17, 15) is 0 Å². The zero-order valence-electron chi connectivity index (χ0n) is 8.95. The lowest BCUT2D eigenvalue weighted by atomic mass is 10.1. The molecule has 3 heteroatoms. The normalized spacial score (nSPS) is 10.5. The van der Waals surface area contributed by atoms with Crippen molar-refractivity contribution in [3.8, 4) is 5.75 Å². The molecule has 1 aromatic heterocycles. The quantitative estimate of drug-likeness (QED) is 0.814. The summed E-state index contributed by atoms with van der Waals surface area (Å²) in [5.41, 5.74) is 8.52. The van der Waals surface area contributed by atoms with Crippen molar-refractivity contribution in [1.29, 1.82) is 0 Å². The molecule has 1 heterocycles. The predicted octanol–water partition coefficient (Wildman–Crippen LogP) is 2.52. The van der Waals surface area contributed by atoms with E-state index >= 15 is 0 Å². The topological polar surface area (TPSA) is 48.1 Å². The Hall–Kier alpha value is -1.77. The molecule has 0 amide bonds. The highest BCUT2D eigenvalue weighted by molar-refractivity contribution is 5.91. The van der Waals surface area contributed by atoms with Crippen LogP contribution < -0.4 is 10.5 Å². The number of nitrogen functional groups attached to an aromatic ring is 1. The van der Waals surface area contributed by atoms with E-state index in [1.165, 1.54) is 0 Å². The summed E-state index contributed by atoms with van der Waals surface area (Å²) in [6.45, 7) is 4.55. The van der Waals surface area contributed by atoms with Gasteiger partial charge in [-0.3, -0.25) is 4.98 Å². The first-order valence-electron chi connectivity index (χ1n) is 5.00. The van der Waals surface area contributed by atoms with E-state index in [-0.39, 0.29) is 0 Å². The van der Waals surface area contributed by atoms with Gasteiger partial charge in [0.2, 0.25) is 0 Å². The highest BCUT2D eigenvalue weighted by Gasteiger charge is 2.02. The molecule has 1 aromatic carbocycles. The fourth-order valence-corrected chi connectivity index (χ4v) is 1.63. The summed E-state index contributed by atoms with van der Waals surface area (Å²) in [5.74, 6) is 0.836. The largest absolute Gasteiger partial charge is 0.494 e. The number of aryl methyl sites for hydroxylation is 1. The molecule has 0 saturated heterocycles. The molecule has 15 heavy (non-hydrogen) atoms. The molecule has 0 aliphatic heterocycles. The van der Waals surface area contributed by atoms with E-state index in [4.69, 9.17) is 10.5 Å². The molecule has 78 valence electrons. The summed E-state index contributed by atoms with van der Waals surface area (Å²) in [6.07, 6.45) is 0. The Morgan fingerprint density at radius 1 is 1.33 bits per heavy atom. The maximum Gasteiger partial charge on any atom is 0.120 e. The molecule has 2 N–H and O–H groups in total. The van der Waals surface area contributed by atoms with Crippen LogP contribution in [0.15, 0.2) is 24.3 Å². The van der Waals surface area contributed by atoms with Gasteiger partial charge in [-0.2, -0.15) is 0 Å². The van der Waals surface area contributed by atoms with E-state index in [0.717, 1.165) is 28.0 Å². The minimum atomic E-state index is 0.657. The fraction of sp³-hybridized carbons (Fsp3) is 0.250. The summed E-state index contributed by atoms with van der Waals surface area (Å²) in [7, 11) is 0. The van der Waals surface area contributed by atoms with Gasteiger partial charge in [0.25, 0.3) is 0 Å². The van der Waals surface area contributed by atoms with Gasteiger partial charge < -0.3 is 10.5 Å². The molecule has 2 aromatic rings. The van der Waals surface area contributed by atoms with Crippen LogP contribution in [0.1, 0.15) is 12.6 Å². The first kappa shape index (κ1) is 9.77. The van der Waals surface area contributed by atoms with Gasteiger partial charge in [0.1, 0.15) is 5.75 Å². The number of rotatable bonds is 2. The molecule has 0 bridgehead atoms. The number of pyridine rings is 1. The van der Waals surface area contributed by atoms with Crippen LogP contribution in [0.3, 0.4) is 0 Å². The Kier molecular flexibility index (Phi) is 2.46. The smallest absolute Gasteiger partial charge is 0.120 e. The van der Waals surface area contributed by atoms with E-state index in [1.807, 2.05) is 38.1 Å². The molecule has 3 nitrogen and oxygen atoms in total. The van der Waals surface area contributed by atoms with Crippen molar-refractivity contribution in [3.63, 3.8) is 0 Å². The van der Waals surface area contributed by atoms with Crippen LogP contribution in [-0.4, -0.2) is 11.6 Å². The van der Waals surface area contributed by atoms with Crippen molar-refractivity contribution < 1.29 is 4.74 Å². The first-order valence-corrected chi connectivity index (χ1v) is 5.00. The number of hydrogen-bond acceptors (Lipinski definition) is 3. The molecule has 0 unspecified atom stereocenters. The zero-order valence-corrected chi connectivity index (χ0v) is 8.95. The third-order valence-electron chi connectivity index (χ3n) is 2.25. The Bertz CT molecular complexity index is 494. The maximum atomic E-state index is 5.93. The Morgan fingerprint density at radius 3 is 2.87 bits per heavy atom. The van der Waals surface area contributed by atoms with Crippen LogP contribution in [0.25, 0.3) is 10.9 Å². The predicted molar refractivity (Wildman–Crippen MR) is 62.1 cm³/mol. The lowest BCUT2D eigenvalue weighted by Gasteiger charge is -2.06. The number of nitrogens with two attached hydrogens (primary N) is 1. The van der Waals surface area contributed by atoms with Crippen LogP contribution >= 0.6 is 0 Å². The van der Waals surface area contributed by atoms with Crippen LogP contribution in [0.2, 0.25) is 0 Å². The minimum absolute atomic E-state index is 0.657. The summed E-state index contributed by atoms with van der Waals surface area (Å²) >= 11 is 0. The monoisotopic (exact) mass is 202 g/mol. The summed E-state index contributed by atoms with van der Waals surface area (Å²) in [6, 6.07) is 7.65. The highest BCUT2D eigenvalue weighted by Crippen LogP contribution is 2.24. The van der Waals surface area contributed by atoms with Gasteiger partial charge in [-0.05, 0) is 38.1 Å². The summed E-state index contributed by atoms with van der Waals surface area (Å²) in [4.78, 5) is 4.40. The Balaban J connectivity index is 2.60. The van der Waals surface area contributed by atoms with Crippen molar-refractivity contribution in [2.24, 2.45) is 0 Å². The molecular weight excluding hydrogens is 188 g/mol. The van der Waals surface area contributed by atoms with Gasteiger partial charge in [0.05, 0.1) is 12.1 Å². The second-order valence-corrected chi connectivity index (χ2v) is 3.46. The van der Waals surface area contributed by atoms with E-state index < -0.39 is 0 Å². The van der Waals surface area contributed by atoms with Crippen LogP contribution in [0, 0.1) is 6.92 Å². The average Bonchev–Trinajstić information content (AvgIpc) is 2.19. The number of anilines is 1. The van der Waals surface area contributed by atoms with Gasteiger partial charge in [0.15, 0.2) is 0 Å². The molecule has 0 aliphatic rings. The molecule has 2 rings (SSSR count). The van der Waals surface area contributed by atoms with Crippen molar-refractivity contribution in [1.82, 2.24) is 4.98 Å². The Labute approximate surface area is 88.9 Å². The molecule has 0 atom stereocenters. The number of fused-ring (bicyclic) bond motifs is 1. The summed E-state index contributed by atoms with van der Waals surface area (Å²) < 4.78 is 5.42. The van der Waals surface area contributed by atoms with Gasteiger partial charge in [0, 0.05) is 16.8 Å². The number of hydrogen-bond donors (Lipinski definition) is 1. The molecule has 0 radical (unpaired) electrons. The Morgan fingerprint density at radius 2 is 2.13 bits per heavy atom. The standard InChI is InChI=1S/C12H14N2O/c1-3-15-9-4-5-12-10(7-9)11(13)6-8(2)14-12/h4-7H,3H2,1-2H3,(H2,13,14). The molecule has 0 spiro atoms. The van der Waals surface area contributed by atoms with Crippen LogP contribution in [-0.2, 0) is 0 Å². The molecule has 0 saturated carbocycles. The van der Waals surface area contributed by atoms with Crippen molar-refractivity contribution in [3.05, 3.63) is 30.0 Å². The first-order chi connectivity index (χ1) is 7.20. The lowest BCUT2D eigenvalue weighted by Crippen LogP contribution is -1.94. The second-order valence-electron chi connectivity index (χ2n) is 3.46. The molecular formula is C12H14N2O. The average molecular weight is 202 g/mol. The zero-order chi connectivity index (χ0) is 10.8. The van der Waals surface area contributed by atoms with Crippen molar-refractivity contribution in [2.45, 2.75) is 13.8 Å². The third kappa shape index (κ3) is 1.86. The van der Waals surface area contributed by atoms with Gasteiger partial charge in [-0.25, -0.2) is 0 Å². The van der Waals surface area contributed by atoms with E-state index in [1.54, 1.807) is 0 Å². The van der Waals surface area contributed by atoms with Gasteiger partial charge >= 0.3 is 0 Å². The molecule has 0 fully saturated rings. The van der Waals surface area contributed by atoms with E-state index in [0.29, 0.717) is 6.61 Å². The molecule has 0 aliphatic carbocycles. The maximum absolute atomic E-state index is 5.93. The third-order valence-corrected chi connectivity index (χ3v) is 2.25. The fourth-order valence-electron chi connectivity index (χ4n) is 1.63. The highest BCUT2D eigenvalue weighted by atomic mass is 16.5. The SMILES string of the molecule is CCOc1ccc2nc(C)cc(N)c2c1. The van der Waals surface area contributed by atoms with E-state index in [2.05, 4.69) is 4.98 Å². The lowest BCUT2D eigenvalue weighted by molar-refractivity contribution is 0.340.